The lowest BCUT2D eigenvalue weighted by atomic mass is 9.90. The van der Waals surface area contributed by atoms with Gasteiger partial charge in [0.2, 0.25) is 0 Å². The van der Waals surface area contributed by atoms with Crippen molar-refractivity contribution < 1.29 is 14.7 Å². The summed E-state index contributed by atoms with van der Waals surface area (Å²) in [5.74, 6) is -0.928. The SMILES string of the molecule is CC(NC(=O)NC1(C(=O)O)CCCCCC1)c1ccsc1. The number of carbonyl (C=O) groups excluding carboxylic acids is 1. The van der Waals surface area contributed by atoms with Crippen LogP contribution in [0.25, 0.3) is 0 Å². The lowest BCUT2D eigenvalue weighted by Gasteiger charge is -2.30. The number of hydrogen-bond acceptors (Lipinski definition) is 3. The summed E-state index contributed by atoms with van der Waals surface area (Å²) in [4.78, 5) is 23.8. The van der Waals surface area contributed by atoms with Crippen LogP contribution < -0.4 is 10.6 Å². The molecule has 1 aliphatic rings. The van der Waals surface area contributed by atoms with Gasteiger partial charge in [-0.15, -0.1) is 0 Å². The van der Waals surface area contributed by atoms with Crippen LogP contribution >= 0.6 is 11.3 Å². The van der Waals surface area contributed by atoms with Gasteiger partial charge in [0.1, 0.15) is 5.54 Å². The maximum Gasteiger partial charge on any atom is 0.329 e. The van der Waals surface area contributed by atoms with E-state index in [9.17, 15) is 14.7 Å². The number of hydrogen-bond donors (Lipinski definition) is 3. The van der Waals surface area contributed by atoms with Gasteiger partial charge in [0.05, 0.1) is 6.04 Å². The molecule has 2 amide bonds. The van der Waals surface area contributed by atoms with Crippen LogP contribution in [0.4, 0.5) is 4.79 Å². The summed E-state index contributed by atoms with van der Waals surface area (Å²) in [5, 5.41) is 19.0. The van der Waals surface area contributed by atoms with Crippen LogP contribution in [0.3, 0.4) is 0 Å². The summed E-state index contributed by atoms with van der Waals surface area (Å²) >= 11 is 1.57. The number of aliphatic carboxylic acids is 1. The van der Waals surface area contributed by atoms with Crippen molar-refractivity contribution in [3.63, 3.8) is 0 Å². The van der Waals surface area contributed by atoms with Crippen LogP contribution in [-0.2, 0) is 4.79 Å². The van der Waals surface area contributed by atoms with Gasteiger partial charge in [0, 0.05) is 0 Å². The first kappa shape index (κ1) is 15.8. The average Bonchev–Trinajstić information content (AvgIpc) is 2.86. The predicted octanol–water partition coefficient (Wildman–Crippen LogP) is 3.29. The van der Waals surface area contributed by atoms with Crippen molar-refractivity contribution in [1.82, 2.24) is 10.6 Å². The van der Waals surface area contributed by atoms with Crippen LogP contribution in [0.2, 0.25) is 0 Å². The highest BCUT2D eigenvalue weighted by Gasteiger charge is 2.40. The van der Waals surface area contributed by atoms with E-state index in [4.69, 9.17) is 0 Å². The molecule has 1 aliphatic carbocycles. The Morgan fingerprint density at radius 1 is 1.29 bits per heavy atom. The summed E-state index contributed by atoms with van der Waals surface area (Å²) in [6.07, 6.45) is 4.75. The van der Waals surface area contributed by atoms with Gasteiger partial charge < -0.3 is 15.7 Å². The molecule has 1 aromatic rings. The smallest absolute Gasteiger partial charge is 0.329 e. The Labute approximate surface area is 128 Å². The summed E-state index contributed by atoms with van der Waals surface area (Å²) in [5.41, 5.74) is -0.0880. The van der Waals surface area contributed by atoms with E-state index >= 15 is 0 Å². The molecule has 0 saturated heterocycles. The standard InChI is InChI=1S/C15H22N2O3S/c1-11(12-6-9-21-10-12)16-14(20)17-15(13(18)19)7-4-2-3-5-8-15/h6,9-11H,2-5,7-8H2,1H3,(H,18,19)(H2,16,17,20). The third-order valence-electron chi connectivity index (χ3n) is 4.11. The van der Waals surface area contributed by atoms with Crippen molar-refractivity contribution in [2.45, 2.75) is 57.0 Å². The lowest BCUT2D eigenvalue weighted by Crippen LogP contribution is -2.57. The number of carbonyl (C=O) groups is 2. The molecule has 1 fully saturated rings. The molecule has 0 aliphatic heterocycles. The van der Waals surface area contributed by atoms with Crippen LogP contribution in [0.15, 0.2) is 16.8 Å². The molecule has 0 bridgehead atoms. The molecule has 1 aromatic heterocycles. The topological polar surface area (TPSA) is 78.4 Å². The molecule has 1 unspecified atom stereocenters. The third kappa shape index (κ3) is 3.97. The molecule has 0 spiro atoms. The molecule has 1 saturated carbocycles. The Bertz CT molecular complexity index is 479. The molecule has 1 heterocycles. The Balaban J connectivity index is 1.99. The second-order valence-electron chi connectivity index (χ2n) is 5.68. The number of amides is 2. The second-order valence-corrected chi connectivity index (χ2v) is 6.46. The van der Waals surface area contributed by atoms with Crippen LogP contribution in [0.5, 0.6) is 0 Å². The molecule has 21 heavy (non-hydrogen) atoms. The maximum atomic E-state index is 12.2. The van der Waals surface area contributed by atoms with E-state index in [-0.39, 0.29) is 6.04 Å². The first-order chi connectivity index (χ1) is 10.0. The molecule has 1 atom stereocenters. The molecular formula is C15H22N2O3S. The van der Waals surface area contributed by atoms with E-state index in [1.807, 2.05) is 23.8 Å². The van der Waals surface area contributed by atoms with Crippen molar-refractivity contribution in [1.29, 1.82) is 0 Å². The number of nitrogens with one attached hydrogen (secondary N) is 2. The van der Waals surface area contributed by atoms with E-state index in [1.54, 1.807) is 11.3 Å². The Kier molecular flexibility index (Phi) is 5.22. The second kappa shape index (κ2) is 6.93. The Morgan fingerprint density at radius 2 is 1.95 bits per heavy atom. The largest absolute Gasteiger partial charge is 0.480 e. The Hall–Kier alpha value is -1.56. The van der Waals surface area contributed by atoms with Crippen LogP contribution in [0.1, 0.15) is 57.1 Å². The first-order valence-electron chi connectivity index (χ1n) is 7.38. The fraction of sp³-hybridized carbons (Fsp3) is 0.600. The zero-order valence-electron chi connectivity index (χ0n) is 12.2. The molecule has 0 aromatic carbocycles. The number of carboxylic acids is 1. The van der Waals surface area contributed by atoms with Gasteiger partial charge in [-0.2, -0.15) is 11.3 Å². The minimum atomic E-state index is -1.12. The summed E-state index contributed by atoms with van der Waals surface area (Å²) in [6.45, 7) is 1.89. The van der Waals surface area contributed by atoms with Crippen molar-refractivity contribution in [3.8, 4) is 0 Å². The molecule has 3 N–H and O–H groups in total. The zero-order chi connectivity index (χ0) is 15.3. The van der Waals surface area contributed by atoms with Gasteiger partial charge >= 0.3 is 12.0 Å². The zero-order valence-corrected chi connectivity index (χ0v) is 13.0. The van der Waals surface area contributed by atoms with Gasteiger partial charge in [-0.3, -0.25) is 0 Å². The molecule has 0 radical (unpaired) electrons. The summed E-state index contributed by atoms with van der Waals surface area (Å²) < 4.78 is 0. The van der Waals surface area contributed by atoms with Crippen LogP contribution in [-0.4, -0.2) is 22.6 Å². The number of carboxylic acid groups (broad SMARTS) is 1. The highest BCUT2D eigenvalue weighted by Crippen LogP contribution is 2.27. The highest BCUT2D eigenvalue weighted by molar-refractivity contribution is 7.07. The maximum absolute atomic E-state index is 12.2. The lowest BCUT2D eigenvalue weighted by molar-refractivity contribution is -0.145. The summed E-state index contributed by atoms with van der Waals surface area (Å²) in [7, 11) is 0. The average molecular weight is 310 g/mol. The van der Waals surface area contributed by atoms with Crippen molar-refractivity contribution >= 4 is 23.3 Å². The number of urea groups is 1. The minimum absolute atomic E-state index is 0.132. The fourth-order valence-corrected chi connectivity index (χ4v) is 3.53. The van der Waals surface area contributed by atoms with Crippen molar-refractivity contribution in [3.05, 3.63) is 22.4 Å². The van der Waals surface area contributed by atoms with Gasteiger partial charge in [0.15, 0.2) is 0 Å². The predicted molar refractivity (Wildman–Crippen MR) is 82.5 cm³/mol. The third-order valence-corrected chi connectivity index (χ3v) is 4.81. The molecule has 2 rings (SSSR count). The quantitative estimate of drug-likeness (QED) is 0.747. The molecular weight excluding hydrogens is 288 g/mol. The first-order valence-corrected chi connectivity index (χ1v) is 8.32. The normalized spacial score (nSPS) is 19.3. The monoisotopic (exact) mass is 310 g/mol. The van der Waals surface area contributed by atoms with Crippen LogP contribution in [0, 0.1) is 0 Å². The highest BCUT2D eigenvalue weighted by atomic mass is 32.1. The van der Waals surface area contributed by atoms with E-state index in [2.05, 4.69) is 10.6 Å². The number of rotatable bonds is 4. The van der Waals surface area contributed by atoms with E-state index in [0.29, 0.717) is 12.8 Å². The fourth-order valence-electron chi connectivity index (χ4n) is 2.78. The number of thiophene rings is 1. The van der Waals surface area contributed by atoms with Gasteiger partial charge in [-0.05, 0) is 42.2 Å². The van der Waals surface area contributed by atoms with E-state index in [1.165, 1.54) is 0 Å². The van der Waals surface area contributed by atoms with E-state index < -0.39 is 17.5 Å². The molecule has 5 nitrogen and oxygen atoms in total. The minimum Gasteiger partial charge on any atom is -0.480 e. The van der Waals surface area contributed by atoms with E-state index in [0.717, 1.165) is 31.2 Å². The summed E-state index contributed by atoms with van der Waals surface area (Å²) in [6, 6.07) is 1.42. The van der Waals surface area contributed by atoms with Gasteiger partial charge in [-0.25, -0.2) is 9.59 Å². The van der Waals surface area contributed by atoms with Gasteiger partial charge in [-0.1, -0.05) is 25.7 Å². The Morgan fingerprint density at radius 3 is 2.48 bits per heavy atom. The molecule has 116 valence electrons. The molecule has 6 heteroatoms. The van der Waals surface area contributed by atoms with Crippen molar-refractivity contribution in [2.75, 3.05) is 0 Å². The van der Waals surface area contributed by atoms with Crippen molar-refractivity contribution in [2.24, 2.45) is 0 Å². The van der Waals surface area contributed by atoms with Gasteiger partial charge in [0.25, 0.3) is 0 Å².